The summed E-state index contributed by atoms with van der Waals surface area (Å²) in [5.41, 5.74) is 2.70. The molecule has 6 heteroatoms. The zero-order valence-electron chi connectivity index (χ0n) is 12.9. The monoisotopic (exact) mass is 318 g/mol. The first kappa shape index (κ1) is 15.2. The summed E-state index contributed by atoms with van der Waals surface area (Å²) in [7, 11) is 0. The topological polar surface area (TPSA) is 50.3 Å². The van der Waals surface area contributed by atoms with Crippen LogP contribution in [0.2, 0.25) is 0 Å². The van der Waals surface area contributed by atoms with E-state index in [4.69, 9.17) is 4.74 Å². The number of anilines is 2. The highest BCUT2D eigenvalue weighted by Gasteiger charge is 2.14. The van der Waals surface area contributed by atoms with E-state index in [1.165, 1.54) is 22.8 Å². The predicted octanol–water partition coefficient (Wildman–Crippen LogP) is 2.59. The maximum absolute atomic E-state index is 5.45. The van der Waals surface area contributed by atoms with E-state index in [9.17, 15) is 0 Å². The first-order chi connectivity index (χ1) is 10.9. The quantitative estimate of drug-likeness (QED) is 0.887. The molecule has 1 aliphatic heterocycles. The van der Waals surface area contributed by atoms with Gasteiger partial charge < -0.3 is 15.0 Å². The molecule has 1 aromatic carbocycles. The Kier molecular flexibility index (Phi) is 5.24. The van der Waals surface area contributed by atoms with Gasteiger partial charge in [0.1, 0.15) is 5.82 Å². The fourth-order valence-corrected chi connectivity index (χ4v) is 3.28. The summed E-state index contributed by atoms with van der Waals surface area (Å²) in [4.78, 5) is 6.86. The van der Waals surface area contributed by atoms with Crippen LogP contribution in [-0.2, 0) is 17.6 Å². The number of aryl methyl sites for hydroxylation is 1. The molecule has 1 aliphatic rings. The summed E-state index contributed by atoms with van der Waals surface area (Å²) >= 11 is 1.44. The van der Waals surface area contributed by atoms with Gasteiger partial charge in [-0.3, -0.25) is 0 Å². The predicted molar refractivity (Wildman–Crippen MR) is 91.0 cm³/mol. The molecule has 1 saturated heterocycles. The van der Waals surface area contributed by atoms with E-state index >= 15 is 0 Å². The van der Waals surface area contributed by atoms with Crippen molar-refractivity contribution in [2.24, 2.45) is 0 Å². The van der Waals surface area contributed by atoms with E-state index in [1.807, 2.05) is 0 Å². The average Bonchev–Trinajstić information content (AvgIpc) is 3.04. The lowest BCUT2D eigenvalue weighted by Crippen LogP contribution is -2.36. The van der Waals surface area contributed by atoms with E-state index in [2.05, 4.69) is 50.8 Å². The number of para-hydroxylation sites is 1. The highest BCUT2D eigenvalue weighted by molar-refractivity contribution is 7.09. The minimum absolute atomic E-state index is 0.817. The van der Waals surface area contributed by atoms with Crippen molar-refractivity contribution in [3.8, 4) is 0 Å². The molecular formula is C16H22N4OS. The number of nitrogens with one attached hydrogen (secondary N) is 1. The van der Waals surface area contributed by atoms with Crippen molar-refractivity contribution in [2.45, 2.75) is 19.8 Å². The van der Waals surface area contributed by atoms with Gasteiger partial charge in [-0.25, -0.2) is 4.98 Å². The lowest BCUT2D eigenvalue weighted by Gasteiger charge is -2.30. The van der Waals surface area contributed by atoms with Crippen molar-refractivity contribution in [3.05, 3.63) is 35.7 Å². The highest BCUT2D eigenvalue weighted by Crippen LogP contribution is 2.22. The molecule has 3 rings (SSSR count). The van der Waals surface area contributed by atoms with Gasteiger partial charge in [0, 0.05) is 43.3 Å². The van der Waals surface area contributed by atoms with Crippen LogP contribution in [0.15, 0.2) is 24.3 Å². The third-order valence-electron chi connectivity index (χ3n) is 3.80. The Morgan fingerprint density at radius 1 is 1.27 bits per heavy atom. The third kappa shape index (κ3) is 3.75. The Morgan fingerprint density at radius 3 is 2.86 bits per heavy atom. The van der Waals surface area contributed by atoms with Crippen molar-refractivity contribution >= 4 is 22.4 Å². The van der Waals surface area contributed by atoms with Gasteiger partial charge in [0.05, 0.1) is 13.2 Å². The van der Waals surface area contributed by atoms with Crippen LogP contribution in [-0.4, -0.2) is 42.2 Å². The van der Waals surface area contributed by atoms with E-state index < -0.39 is 0 Å². The molecule has 2 heterocycles. The molecule has 1 aromatic heterocycles. The number of rotatable bonds is 6. The van der Waals surface area contributed by atoms with Gasteiger partial charge in [0.25, 0.3) is 0 Å². The summed E-state index contributed by atoms with van der Waals surface area (Å²) in [6.07, 6.45) is 1.87. The van der Waals surface area contributed by atoms with Gasteiger partial charge >= 0.3 is 0 Å². The smallest absolute Gasteiger partial charge is 0.202 e. The standard InChI is InChI=1S/C16H22N4OS/c1-2-15-18-16(22-19-15)17-8-7-13-5-3-4-6-14(13)20-9-11-21-12-10-20/h3-6H,2,7-12H2,1H3,(H,17,18,19). The Morgan fingerprint density at radius 2 is 2.09 bits per heavy atom. The van der Waals surface area contributed by atoms with Crippen LogP contribution in [0.25, 0.3) is 0 Å². The number of hydrogen-bond acceptors (Lipinski definition) is 6. The largest absolute Gasteiger partial charge is 0.378 e. The first-order valence-electron chi connectivity index (χ1n) is 7.84. The maximum Gasteiger partial charge on any atom is 0.202 e. The Balaban J connectivity index is 1.59. The second-order valence-corrected chi connectivity index (χ2v) is 6.03. The average molecular weight is 318 g/mol. The number of morpholine rings is 1. The zero-order chi connectivity index (χ0) is 15.2. The van der Waals surface area contributed by atoms with Crippen molar-refractivity contribution in [2.75, 3.05) is 43.1 Å². The second-order valence-electron chi connectivity index (χ2n) is 5.27. The molecule has 0 aliphatic carbocycles. The van der Waals surface area contributed by atoms with E-state index in [0.717, 1.165) is 56.6 Å². The van der Waals surface area contributed by atoms with Crippen LogP contribution in [0.1, 0.15) is 18.3 Å². The molecule has 22 heavy (non-hydrogen) atoms. The summed E-state index contributed by atoms with van der Waals surface area (Å²) in [6.45, 7) is 6.53. The normalized spacial score (nSPS) is 15.0. The summed E-state index contributed by atoms with van der Waals surface area (Å²) in [5.74, 6) is 0.918. The van der Waals surface area contributed by atoms with Crippen molar-refractivity contribution < 1.29 is 4.74 Å². The van der Waals surface area contributed by atoms with Crippen molar-refractivity contribution in [1.29, 1.82) is 0 Å². The first-order valence-corrected chi connectivity index (χ1v) is 8.61. The molecule has 118 valence electrons. The van der Waals surface area contributed by atoms with Gasteiger partial charge in [0.2, 0.25) is 5.13 Å². The van der Waals surface area contributed by atoms with Crippen LogP contribution in [0.3, 0.4) is 0 Å². The molecule has 0 saturated carbocycles. The van der Waals surface area contributed by atoms with Gasteiger partial charge in [-0.05, 0) is 18.1 Å². The molecule has 0 amide bonds. The van der Waals surface area contributed by atoms with Gasteiger partial charge in [0.15, 0.2) is 0 Å². The maximum atomic E-state index is 5.45. The Labute approximate surface area is 135 Å². The second kappa shape index (κ2) is 7.56. The molecular weight excluding hydrogens is 296 g/mol. The van der Waals surface area contributed by atoms with E-state index in [1.54, 1.807) is 0 Å². The van der Waals surface area contributed by atoms with Crippen LogP contribution >= 0.6 is 11.5 Å². The molecule has 5 nitrogen and oxygen atoms in total. The molecule has 2 aromatic rings. The lowest BCUT2D eigenvalue weighted by atomic mass is 10.1. The molecule has 0 radical (unpaired) electrons. The number of aromatic nitrogens is 2. The lowest BCUT2D eigenvalue weighted by molar-refractivity contribution is 0.122. The van der Waals surface area contributed by atoms with Crippen LogP contribution < -0.4 is 10.2 Å². The highest BCUT2D eigenvalue weighted by atomic mass is 32.1. The minimum Gasteiger partial charge on any atom is -0.378 e. The van der Waals surface area contributed by atoms with E-state index in [0.29, 0.717) is 0 Å². The minimum atomic E-state index is 0.817. The molecule has 0 spiro atoms. The number of hydrogen-bond donors (Lipinski definition) is 1. The summed E-state index contributed by atoms with van der Waals surface area (Å²) in [5, 5.41) is 4.30. The fourth-order valence-electron chi connectivity index (χ4n) is 2.61. The molecule has 0 atom stereocenters. The van der Waals surface area contributed by atoms with Crippen LogP contribution in [0.4, 0.5) is 10.8 Å². The van der Waals surface area contributed by atoms with Crippen molar-refractivity contribution in [3.63, 3.8) is 0 Å². The third-order valence-corrected chi connectivity index (χ3v) is 4.51. The molecule has 0 bridgehead atoms. The SMILES string of the molecule is CCc1nsc(NCCc2ccccc2N2CCOCC2)n1. The van der Waals surface area contributed by atoms with Crippen LogP contribution in [0, 0.1) is 0 Å². The van der Waals surface area contributed by atoms with Crippen LogP contribution in [0.5, 0.6) is 0 Å². The van der Waals surface area contributed by atoms with Gasteiger partial charge in [-0.15, -0.1) is 0 Å². The fraction of sp³-hybridized carbons (Fsp3) is 0.500. The van der Waals surface area contributed by atoms with E-state index in [-0.39, 0.29) is 0 Å². The van der Waals surface area contributed by atoms with Gasteiger partial charge in [-0.1, -0.05) is 25.1 Å². The Bertz CT molecular complexity index is 595. The molecule has 1 N–H and O–H groups in total. The zero-order valence-corrected chi connectivity index (χ0v) is 13.7. The van der Waals surface area contributed by atoms with Gasteiger partial charge in [-0.2, -0.15) is 4.37 Å². The molecule has 1 fully saturated rings. The summed E-state index contributed by atoms with van der Waals surface area (Å²) < 4.78 is 9.74. The number of benzene rings is 1. The number of ether oxygens (including phenoxy) is 1. The summed E-state index contributed by atoms with van der Waals surface area (Å²) in [6, 6.07) is 8.64. The van der Waals surface area contributed by atoms with Crippen molar-refractivity contribution in [1.82, 2.24) is 9.36 Å². The molecule has 0 unspecified atom stereocenters. The number of nitrogens with zero attached hydrogens (tertiary/aromatic N) is 3. The Hall–Kier alpha value is -1.66.